The number of hydrogen-bond donors (Lipinski definition) is 0. The monoisotopic (exact) mass is 267 g/mol. The molecule has 0 saturated carbocycles. The first kappa shape index (κ1) is 15.7. The summed E-state index contributed by atoms with van der Waals surface area (Å²) in [6.45, 7) is 10.5. The second-order valence-electron chi connectivity index (χ2n) is 6.29. The van der Waals surface area contributed by atoms with Crippen LogP contribution in [-0.2, 0) is 9.53 Å². The number of amides is 1. The van der Waals surface area contributed by atoms with E-state index in [2.05, 4.69) is 6.58 Å². The Balaban J connectivity index is 2.65. The minimum absolute atomic E-state index is 0.284. The molecule has 4 nitrogen and oxygen atoms in total. The highest BCUT2D eigenvalue weighted by atomic mass is 16.6. The topological polar surface area (TPSA) is 46.6 Å². The van der Waals surface area contributed by atoms with Gasteiger partial charge in [0.25, 0.3) is 0 Å². The van der Waals surface area contributed by atoms with Crippen molar-refractivity contribution in [3.05, 3.63) is 12.7 Å². The third-order valence-corrected chi connectivity index (χ3v) is 3.43. The van der Waals surface area contributed by atoms with Gasteiger partial charge in [0.15, 0.2) is 0 Å². The van der Waals surface area contributed by atoms with Crippen LogP contribution in [0.2, 0.25) is 0 Å². The molecule has 1 rings (SSSR count). The quantitative estimate of drug-likeness (QED) is 0.583. The number of nitrogens with zero attached hydrogens (tertiary/aromatic N) is 1. The minimum atomic E-state index is -0.480. The summed E-state index contributed by atoms with van der Waals surface area (Å²) in [4.78, 5) is 25.1. The Morgan fingerprint density at radius 2 is 2.05 bits per heavy atom. The van der Waals surface area contributed by atoms with Gasteiger partial charge in [0.05, 0.1) is 0 Å². The van der Waals surface area contributed by atoms with Crippen LogP contribution in [0.5, 0.6) is 0 Å². The normalized spacial score (nSPS) is 24.5. The van der Waals surface area contributed by atoms with E-state index in [0.29, 0.717) is 25.9 Å². The zero-order chi connectivity index (χ0) is 14.5. The van der Waals surface area contributed by atoms with E-state index in [1.807, 2.05) is 20.8 Å². The third kappa shape index (κ3) is 4.69. The van der Waals surface area contributed by atoms with Crippen molar-refractivity contribution in [2.45, 2.75) is 52.1 Å². The largest absolute Gasteiger partial charge is 0.444 e. The molecule has 1 atom stereocenters. The zero-order valence-electron chi connectivity index (χ0n) is 12.3. The summed E-state index contributed by atoms with van der Waals surface area (Å²) >= 11 is 0. The molecule has 0 radical (unpaired) electrons. The van der Waals surface area contributed by atoms with Crippen LogP contribution in [0.1, 0.15) is 46.5 Å². The lowest BCUT2D eigenvalue weighted by Crippen LogP contribution is -2.37. The number of aldehydes is 1. The van der Waals surface area contributed by atoms with Gasteiger partial charge < -0.3 is 14.4 Å². The average Bonchev–Trinajstić information content (AvgIpc) is 2.51. The van der Waals surface area contributed by atoms with Crippen LogP contribution in [0.3, 0.4) is 0 Å². The van der Waals surface area contributed by atoms with E-state index in [4.69, 9.17) is 4.74 Å². The van der Waals surface area contributed by atoms with Gasteiger partial charge in [-0.15, -0.1) is 6.58 Å². The van der Waals surface area contributed by atoms with E-state index >= 15 is 0 Å². The first-order valence-electron chi connectivity index (χ1n) is 6.87. The molecule has 0 aromatic carbocycles. The number of carbonyl (C=O) groups excluding carboxylic acids is 2. The summed E-state index contributed by atoms with van der Waals surface area (Å²) < 4.78 is 5.37. The predicted molar refractivity (Wildman–Crippen MR) is 75.0 cm³/mol. The predicted octanol–water partition coefficient (Wildman–Crippen LogP) is 3.17. The maximum atomic E-state index is 12.0. The summed E-state index contributed by atoms with van der Waals surface area (Å²) in [5.41, 5.74) is -0.829. The number of hydrogen-bond acceptors (Lipinski definition) is 3. The van der Waals surface area contributed by atoms with Gasteiger partial charge in [0.1, 0.15) is 11.9 Å². The van der Waals surface area contributed by atoms with E-state index < -0.39 is 5.60 Å². The Kier molecular flexibility index (Phi) is 5.15. The molecule has 1 aliphatic rings. The first-order chi connectivity index (χ1) is 8.82. The van der Waals surface area contributed by atoms with Gasteiger partial charge in [-0.3, -0.25) is 0 Å². The summed E-state index contributed by atoms with van der Waals surface area (Å²) in [7, 11) is 0. The van der Waals surface area contributed by atoms with Gasteiger partial charge in [-0.2, -0.15) is 0 Å². The Hall–Kier alpha value is -1.32. The number of likely N-dealkylation sites (tertiary alicyclic amines) is 1. The molecule has 0 aromatic rings. The van der Waals surface area contributed by atoms with Crippen LogP contribution in [0.4, 0.5) is 4.79 Å². The molecule has 1 aliphatic heterocycles. The lowest BCUT2D eigenvalue weighted by molar-refractivity contribution is -0.116. The van der Waals surface area contributed by atoms with Crippen molar-refractivity contribution in [1.29, 1.82) is 0 Å². The van der Waals surface area contributed by atoms with E-state index in [1.165, 1.54) is 0 Å². The standard InChI is InChI=1S/C15H25NO3/c1-5-7-15(12-17)8-6-10-16(11-9-15)13(18)19-14(2,3)4/h5,12H,1,6-11H2,2-4H3. The number of carbonyl (C=O) groups is 2. The van der Waals surface area contributed by atoms with E-state index in [9.17, 15) is 9.59 Å². The molecule has 1 unspecified atom stereocenters. The maximum absolute atomic E-state index is 12.0. The minimum Gasteiger partial charge on any atom is -0.444 e. The van der Waals surface area contributed by atoms with Crippen molar-refractivity contribution in [1.82, 2.24) is 4.90 Å². The van der Waals surface area contributed by atoms with Gasteiger partial charge in [-0.25, -0.2) is 4.79 Å². The number of rotatable bonds is 3. The molecule has 1 fully saturated rings. The fraction of sp³-hybridized carbons (Fsp3) is 0.733. The van der Waals surface area contributed by atoms with Gasteiger partial charge in [-0.1, -0.05) is 6.08 Å². The Morgan fingerprint density at radius 1 is 1.37 bits per heavy atom. The van der Waals surface area contributed by atoms with Gasteiger partial charge in [0.2, 0.25) is 0 Å². The summed E-state index contributed by atoms with van der Waals surface area (Å²) in [5, 5.41) is 0. The Bertz CT molecular complexity index is 346. The molecule has 0 aromatic heterocycles. The van der Waals surface area contributed by atoms with Crippen molar-refractivity contribution in [3.63, 3.8) is 0 Å². The fourth-order valence-electron chi connectivity index (χ4n) is 2.38. The Labute approximate surface area is 115 Å². The van der Waals surface area contributed by atoms with Crippen LogP contribution < -0.4 is 0 Å². The summed E-state index contributed by atoms with van der Waals surface area (Å²) in [5.74, 6) is 0. The van der Waals surface area contributed by atoms with Gasteiger partial charge >= 0.3 is 6.09 Å². The van der Waals surface area contributed by atoms with Crippen LogP contribution in [0.15, 0.2) is 12.7 Å². The van der Waals surface area contributed by atoms with Gasteiger partial charge in [-0.05, 0) is 46.5 Å². The molecule has 0 N–H and O–H groups in total. The van der Waals surface area contributed by atoms with Crippen LogP contribution in [0.25, 0.3) is 0 Å². The SMILES string of the molecule is C=CCC1(C=O)CCCN(C(=O)OC(C)(C)C)CC1. The lowest BCUT2D eigenvalue weighted by atomic mass is 9.79. The average molecular weight is 267 g/mol. The number of allylic oxidation sites excluding steroid dienone is 1. The molecule has 4 heteroatoms. The molecule has 108 valence electrons. The van der Waals surface area contributed by atoms with Crippen LogP contribution >= 0.6 is 0 Å². The summed E-state index contributed by atoms with van der Waals surface area (Å²) in [6, 6.07) is 0. The molecule has 0 spiro atoms. The Morgan fingerprint density at radius 3 is 2.58 bits per heavy atom. The van der Waals surface area contributed by atoms with E-state index in [-0.39, 0.29) is 11.5 Å². The van der Waals surface area contributed by atoms with Gasteiger partial charge in [0, 0.05) is 18.5 Å². The van der Waals surface area contributed by atoms with Crippen molar-refractivity contribution >= 4 is 12.4 Å². The fourth-order valence-corrected chi connectivity index (χ4v) is 2.38. The molecule has 1 amide bonds. The maximum Gasteiger partial charge on any atom is 0.410 e. The smallest absolute Gasteiger partial charge is 0.410 e. The molecule has 1 saturated heterocycles. The molecule has 19 heavy (non-hydrogen) atoms. The van der Waals surface area contributed by atoms with Crippen molar-refractivity contribution < 1.29 is 14.3 Å². The second kappa shape index (κ2) is 6.22. The molecule has 0 aliphatic carbocycles. The second-order valence-corrected chi connectivity index (χ2v) is 6.29. The third-order valence-electron chi connectivity index (χ3n) is 3.43. The highest BCUT2D eigenvalue weighted by molar-refractivity contribution is 5.68. The van der Waals surface area contributed by atoms with Crippen molar-refractivity contribution in [2.75, 3.05) is 13.1 Å². The first-order valence-corrected chi connectivity index (χ1v) is 6.87. The van der Waals surface area contributed by atoms with Crippen molar-refractivity contribution in [2.24, 2.45) is 5.41 Å². The molecular weight excluding hydrogens is 242 g/mol. The van der Waals surface area contributed by atoms with Crippen molar-refractivity contribution in [3.8, 4) is 0 Å². The van der Waals surface area contributed by atoms with E-state index in [0.717, 1.165) is 19.1 Å². The molecule has 1 heterocycles. The zero-order valence-corrected chi connectivity index (χ0v) is 12.3. The molecular formula is C15H25NO3. The molecule has 0 bridgehead atoms. The highest BCUT2D eigenvalue weighted by Crippen LogP contribution is 2.33. The van der Waals surface area contributed by atoms with Crippen LogP contribution in [0, 0.1) is 5.41 Å². The highest BCUT2D eigenvalue weighted by Gasteiger charge is 2.33. The van der Waals surface area contributed by atoms with E-state index in [1.54, 1.807) is 11.0 Å². The number of ether oxygens (including phenoxy) is 1. The lowest BCUT2D eigenvalue weighted by Gasteiger charge is -2.27. The summed E-state index contributed by atoms with van der Waals surface area (Å²) in [6.07, 6.45) is 5.53. The van der Waals surface area contributed by atoms with Crippen LogP contribution in [-0.4, -0.2) is 36.0 Å².